The van der Waals surface area contributed by atoms with Gasteiger partial charge in [0.25, 0.3) is 0 Å². The predicted molar refractivity (Wildman–Crippen MR) is 136 cm³/mol. The quantitative estimate of drug-likeness (QED) is 0.372. The SMILES string of the molecule is CCC(=C(Cc1ccccc1)c1ccccc1)c1ccc(OCCC2CCNCC2)cc1. The highest BCUT2D eigenvalue weighted by Gasteiger charge is 2.14. The molecule has 0 bridgehead atoms. The Hall–Kier alpha value is -2.84. The minimum atomic E-state index is 0.802. The number of nitrogens with one attached hydrogen (secondary N) is 1. The summed E-state index contributed by atoms with van der Waals surface area (Å²) in [7, 11) is 0. The van der Waals surface area contributed by atoms with E-state index in [0.717, 1.165) is 50.6 Å². The third-order valence-electron chi connectivity index (χ3n) is 6.52. The molecule has 166 valence electrons. The lowest BCUT2D eigenvalue weighted by Crippen LogP contribution is -2.28. The second-order valence-corrected chi connectivity index (χ2v) is 8.69. The molecule has 0 aromatic heterocycles. The van der Waals surface area contributed by atoms with Crippen LogP contribution in [-0.4, -0.2) is 19.7 Å². The molecule has 0 atom stereocenters. The maximum atomic E-state index is 6.08. The number of hydrogen-bond acceptors (Lipinski definition) is 2. The van der Waals surface area contributed by atoms with Crippen LogP contribution in [0.2, 0.25) is 0 Å². The van der Waals surface area contributed by atoms with Gasteiger partial charge in [-0.2, -0.15) is 0 Å². The number of rotatable bonds is 9. The number of ether oxygens (including phenoxy) is 1. The summed E-state index contributed by atoms with van der Waals surface area (Å²) in [5.74, 6) is 1.78. The van der Waals surface area contributed by atoms with Crippen LogP contribution >= 0.6 is 0 Å². The Kier molecular flexibility index (Phi) is 8.17. The summed E-state index contributed by atoms with van der Waals surface area (Å²) in [6.45, 7) is 5.37. The van der Waals surface area contributed by atoms with Crippen molar-refractivity contribution in [3.8, 4) is 5.75 Å². The first-order chi connectivity index (χ1) is 15.8. The molecule has 0 radical (unpaired) electrons. The molecule has 0 aliphatic carbocycles. The summed E-state index contributed by atoms with van der Waals surface area (Å²) in [6, 6.07) is 30.3. The van der Waals surface area contributed by atoms with Gasteiger partial charge in [0.15, 0.2) is 0 Å². The Morgan fingerprint density at radius 1 is 0.781 bits per heavy atom. The molecule has 0 amide bonds. The fourth-order valence-corrected chi connectivity index (χ4v) is 4.68. The summed E-state index contributed by atoms with van der Waals surface area (Å²) in [6.07, 6.45) is 5.63. The van der Waals surface area contributed by atoms with Crippen LogP contribution in [0.25, 0.3) is 11.1 Å². The summed E-state index contributed by atoms with van der Waals surface area (Å²) < 4.78 is 6.08. The molecular formula is C30H35NO. The van der Waals surface area contributed by atoms with E-state index in [4.69, 9.17) is 4.74 Å². The van der Waals surface area contributed by atoms with Gasteiger partial charge in [-0.15, -0.1) is 0 Å². The molecule has 1 aliphatic rings. The van der Waals surface area contributed by atoms with Gasteiger partial charge in [0.1, 0.15) is 5.75 Å². The van der Waals surface area contributed by atoms with Crippen LogP contribution in [0.15, 0.2) is 84.9 Å². The minimum absolute atomic E-state index is 0.802. The maximum Gasteiger partial charge on any atom is 0.119 e. The van der Waals surface area contributed by atoms with Gasteiger partial charge in [-0.05, 0) is 91.1 Å². The van der Waals surface area contributed by atoms with Crippen LogP contribution in [0.4, 0.5) is 0 Å². The number of piperidine rings is 1. The summed E-state index contributed by atoms with van der Waals surface area (Å²) in [5, 5.41) is 3.44. The maximum absolute atomic E-state index is 6.08. The van der Waals surface area contributed by atoms with E-state index in [9.17, 15) is 0 Å². The Bertz CT molecular complexity index is 970. The van der Waals surface area contributed by atoms with E-state index in [-0.39, 0.29) is 0 Å². The van der Waals surface area contributed by atoms with Crippen molar-refractivity contribution in [1.29, 1.82) is 0 Å². The first-order valence-corrected chi connectivity index (χ1v) is 12.1. The third-order valence-corrected chi connectivity index (χ3v) is 6.52. The second-order valence-electron chi connectivity index (χ2n) is 8.69. The molecule has 2 heteroatoms. The minimum Gasteiger partial charge on any atom is -0.494 e. The van der Waals surface area contributed by atoms with Gasteiger partial charge in [-0.25, -0.2) is 0 Å². The van der Waals surface area contributed by atoms with Gasteiger partial charge < -0.3 is 10.1 Å². The van der Waals surface area contributed by atoms with Gasteiger partial charge in [0, 0.05) is 0 Å². The van der Waals surface area contributed by atoms with Crippen LogP contribution in [-0.2, 0) is 6.42 Å². The zero-order valence-electron chi connectivity index (χ0n) is 19.2. The molecule has 0 spiro atoms. The largest absolute Gasteiger partial charge is 0.494 e. The zero-order chi connectivity index (χ0) is 22.0. The van der Waals surface area contributed by atoms with Gasteiger partial charge in [0.2, 0.25) is 0 Å². The highest BCUT2D eigenvalue weighted by molar-refractivity contribution is 5.91. The van der Waals surface area contributed by atoms with E-state index in [1.54, 1.807) is 0 Å². The molecule has 1 fully saturated rings. The molecule has 4 rings (SSSR count). The summed E-state index contributed by atoms with van der Waals surface area (Å²) in [5.41, 5.74) is 6.74. The molecular weight excluding hydrogens is 390 g/mol. The van der Waals surface area contributed by atoms with Crippen molar-refractivity contribution in [2.75, 3.05) is 19.7 Å². The lowest BCUT2D eigenvalue weighted by Gasteiger charge is -2.22. The average molecular weight is 426 g/mol. The second kappa shape index (κ2) is 11.7. The molecule has 1 heterocycles. The molecule has 3 aromatic carbocycles. The van der Waals surface area contributed by atoms with E-state index in [2.05, 4.69) is 97.2 Å². The van der Waals surface area contributed by atoms with E-state index in [1.165, 1.54) is 40.7 Å². The third kappa shape index (κ3) is 6.11. The van der Waals surface area contributed by atoms with Crippen LogP contribution in [0.1, 0.15) is 49.3 Å². The fraction of sp³-hybridized carbons (Fsp3) is 0.333. The van der Waals surface area contributed by atoms with Crippen molar-refractivity contribution in [1.82, 2.24) is 5.32 Å². The first-order valence-electron chi connectivity index (χ1n) is 12.1. The zero-order valence-corrected chi connectivity index (χ0v) is 19.2. The van der Waals surface area contributed by atoms with E-state index >= 15 is 0 Å². The Labute approximate surface area is 193 Å². The molecule has 2 nitrogen and oxygen atoms in total. The Morgan fingerprint density at radius 3 is 2.06 bits per heavy atom. The fourth-order valence-electron chi connectivity index (χ4n) is 4.68. The Morgan fingerprint density at radius 2 is 1.41 bits per heavy atom. The smallest absolute Gasteiger partial charge is 0.119 e. The summed E-state index contributed by atoms with van der Waals surface area (Å²) >= 11 is 0. The van der Waals surface area contributed by atoms with E-state index in [0.29, 0.717) is 0 Å². The van der Waals surface area contributed by atoms with Crippen molar-refractivity contribution >= 4 is 11.1 Å². The van der Waals surface area contributed by atoms with Gasteiger partial charge in [-0.1, -0.05) is 79.7 Å². The van der Waals surface area contributed by atoms with Gasteiger partial charge in [-0.3, -0.25) is 0 Å². The van der Waals surface area contributed by atoms with Crippen LogP contribution in [0.3, 0.4) is 0 Å². The highest BCUT2D eigenvalue weighted by Crippen LogP contribution is 2.32. The van der Waals surface area contributed by atoms with Crippen LogP contribution in [0, 0.1) is 5.92 Å². The van der Waals surface area contributed by atoms with E-state index < -0.39 is 0 Å². The van der Waals surface area contributed by atoms with Gasteiger partial charge >= 0.3 is 0 Å². The molecule has 0 unspecified atom stereocenters. The Balaban J connectivity index is 1.52. The lowest BCUT2D eigenvalue weighted by atomic mass is 9.89. The molecule has 3 aromatic rings. The molecule has 1 N–H and O–H groups in total. The number of hydrogen-bond donors (Lipinski definition) is 1. The number of benzene rings is 3. The van der Waals surface area contributed by atoms with Crippen LogP contribution in [0.5, 0.6) is 5.75 Å². The topological polar surface area (TPSA) is 21.3 Å². The lowest BCUT2D eigenvalue weighted by molar-refractivity contribution is 0.252. The van der Waals surface area contributed by atoms with Crippen LogP contribution < -0.4 is 10.1 Å². The van der Waals surface area contributed by atoms with Crippen molar-refractivity contribution in [2.24, 2.45) is 5.92 Å². The van der Waals surface area contributed by atoms with Crippen molar-refractivity contribution in [2.45, 2.75) is 39.0 Å². The molecule has 32 heavy (non-hydrogen) atoms. The molecule has 1 aliphatic heterocycles. The predicted octanol–water partition coefficient (Wildman–Crippen LogP) is 7.02. The first kappa shape index (κ1) is 22.4. The molecule has 0 saturated carbocycles. The monoisotopic (exact) mass is 425 g/mol. The van der Waals surface area contributed by atoms with E-state index in [1.807, 2.05) is 0 Å². The molecule has 1 saturated heterocycles. The standard InChI is InChI=1S/C30H35NO/c1-2-29(30(26-11-7-4-8-12-26)23-25-9-5-3-6-10-25)27-13-15-28(16-14-27)32-22-19-24-17-20-31-21-18-24/h3-16,24,31H,2,17-23H2,1H3. The number of allylic oxidation sites excluding steroid dienone is 2. The highest BCUT2D eigenvalue weighted by atomic mass is 16.5. The van der Waals surface area contributed by atoms with Gasteiger partial charge in [0.05, 0.1) is 6.61 Å². The van der Waals surface area contributed by atoms with Crippen molar-refractivity contribution < 1.29 is 4.74 Å². The normalized spacial score (nSPS) is 15.3. The summed E-state index contributed by atoms with van der Waals surface area (Å²) in [4.78, 5) is 0. The average Bonchev–Trinajstić information content (AvgIpc) is 2.86. The van der Waals surface area contributed by atoms with Crippen molar-refractivity contribution in [3.05, 3.63) is 102 Å². The van der Waals surface area contributed by atoms with Crippen molar-refractivity contribution in [3.63, 3.8) is 0 Å².